The van der Waals surface area contributed by atoms with E-state index in [4.69, 9.17) is 11.6 Å². The molecule has 0 radical (unpaired) electrons. The number of hydrazine groups is 1. The summed E-state index contributed by atoms with van der Waals surface area (Å²) in [6.07, 6.45) is 2.86. The van der Waals surface area contributed by atoms with Gasteiger partial charge < -0.3 is 10.2 Å². The van der Waals surface area contributed by atoms with E-state index in [-0.39, 0.29) is 30.2 Å². The molecule has 4 heterocycles. The third-order valence-electron chi connectivity index (χ3n) is 7.36. The summed E-state index contributed by atoms with van der Waals surface area (Å²) >= 11 is 6.83. The second-order valence-corrected chi connectivity index (χ2v) is 9.99. The van der Waals surface area contributed by atoms with Crippen LogP contribution in [0.4, 0.5) is 20.5 Å². The van der Waals surface area contributed by atoms with Crippen molar-refractivity contribution in [3.05, 3.63) is 48.4 Å². The molecule has 9 nitrogen and oxygen atoms in total. The minimum Gasteiger partial charge on any atom is -0.336 e. The summed E-state index contributed by atoms with van der Waals surface area (Å²) < 4.78 is 30.8. The molecule has 3 aliphatic rings. The smallest absolute Gasteiger partial charge is 0.231 e. The lowest BCUT2D eigenvalue weighted by Crippen LogP contribution is -2.62. The van der Waals surface area contributed by atoms with Crippen molar-refractivity contribution in [1.29, 1.82) is 0 Å². The Hall–Kier alpha value is -2.89. The Labute approximate surface area is 205 Å². The third-order valence-corrected chi connectivity index (χ3v) is 7.87. The molecule has 2 aliphatic carbocycles. The summed E-state index contributed by atoms with van der Waals surface area (Å²) in [5.41, 5.74) is 8.06. The van der Waals surface area contributed by atoms with Crippen LogP contribution in [-0.2, 0) is 4.79 Å². The number of nitrogens with zero attached hydrogens (tertiary/aromatic N) is 5. The molecule has 6 rings (SSSR count). The van der Waals surface area contributed by atoms with Gasteiger partial charge in [0, 0.05) is 50.2 Å². The van der Waals surface area contributed by atoms with Gasteiger partial charge in [-0.25, -0.2) is 23.3 Å². The van der Waals surface area contributed by atoms with Crippen LogP contribution >= 0.6 is 11.6 Å². The number of nitrogens with one attached hydrogen (secondary N) is 3. The fourth-order valence-electron chi connectivity index (χ4n) is 5.46. The van der Waals surface area contributed by atoms with Gasteiger partial charge in [0.1, 0.15) is 12.3 Å². The molecule has 3 fully saturated rings. The molecule has 3 aromatic heterocycles. The molecule has 0 aromatic carbocycles. The van der Waals surface area contributed by atoms with Crippen LogP contribution < -0.4 is 21.1 Å². The molecule has 35 heavy (non-hydrogen) atoms. The fraction of sp³-hybridized carbons (Fsp3) is 0.478. The van der Waals surface area contributed by atoms with Gasteiger partial charge in [0.05, 0.1) is 22.9 Å². The van der Waals surface area contributed by atoms with E-state index in [2.05, 4.69) is 31.2 Å². The lowest BCUT2D eigenvalue weighted by atomic mass is 9.70. The van der Waals surface area contributed by atoms with Crippen molar-refractivity contribution in [3.8, 4) is 0 Å². The Bertz CT molecular complexity index is 1240. The van der Waals surface area contributed by atoms with E-state index >= 15 is 4.39 Å². The molecule has 8 atom stereocenters. The van der Waals surface area contributed by atoms with Gasteiger partial charge in [0.25, 0.3) is 0 Å². The van der Waals surface area contributed by atoms with E-state index in [1.165, 1.54) is 0 Å². The summed E-state index contributed by atoms with van der Waals surface area (Å²) in [6, 6.07) is 6.47. The maximum atomic E-state index is 15.9. The Balaban J connectivity index is 1.28. The first-order chi connectivity index (χ1) is 16.9. The molecule has 184 valence electrons. The fourth-order valence-corrected chi connectivity index (χ4v) is 5.95. The quantitative estimate of drug-likeness (QED) is 0.459. The lowest BCUT2D eigenvalue weighted by Gasteiger charge is -2.47. The molecule has 6 unspecified atom stereocenters. The first kappa shape index (κ1) is 22.6. The van der Waals surface area contributed by atoms with Gasteiger partial charge in [-0.3, -0.25) is 15.6 Å². The maximum Gasteiger partial charge on any atom is 0.231 e. The monoisotopic (exact) mass is 502 g/mol. The number of halogens is 3. The normalized spacial score (nSPS) is 33.9. The van der Waals surface area contributed by atoms with Crippen molar-refractivity contribution in [1.82, 2.24) is 30.4 Å². The van der Waals surface area contributed by atoms with E-state index in [9.17, 15) is 9.18 Å². The predicted octanol–water partition coefficient (Wildman–Crippen LogP) is 2.06. The van der Waals surface area contributed by atoms with Gasteiger partial charge in [0.2, 0.25) is 11.9 Å². The number of hydrogen-bond acceptors (Lipinski definition) is 7. The van der Waals surface area contributed by atoms with Gasteiger partial charge in [-0.1, -0.05) is 0 Å². The van der Waals surface area contributed by atoms with Crippen molar-refractivity contribution in [2.24, 2.45) is 11.8 Å². The predicted molar refractivity (Wildman–Crippen MR) is 127 cm³/mol. The molecule has 3 aromatic rings. The first-order valence-corrected chi connectivity index (χ1v) is 12.1. The lowest BCUT2D eigenvalue weighted by molar-refractivity contribution is -0.117. The van der Waals surface area contributed by atoms with Crippen molar-refractivity contribution in [3.63, 3.8) is 0 Å². The molecular weight excluding hydrogens is 478 g/mol. The van der Waals surface area contributed by atoms with Gasteiger partial charge in [-0.2, -0.15) is 5.10 Å². The van der Waals surface area contributed by atoms with E-state index in [0.29, 0.717) is 18.3 Å². The van der Waals surface area contributed by atoms with Crippen LogP contribution in [0.2, 0.25) is 0 Å². The molecule has 0 bridgehead atoms. The van der Waals surface area contributed by atoms with Crippen LogP contribution in [0, 0.1) is 11.8 Å². The molecule has 12 heteroatoms. The molecule has 1 amide bonds. The zero-order valence-corrected chi connectivity index (χ0v) is 19.6. The zero-order valence-electron chi connectivity index (χ0n) is 18.9. The second-order valence-electron chi connectivity index (χ2n) is 9.49. The minimum atomic E-state index is -1.35. The second kappa shape index (κ2) is 8.65. The van der Waals surface area contributed by atoms with E-state index in [1.54, 1.807) is 47.2 Å². The highest BCUT2D eigenvalue weighted by Gasteiger charge is 2.54. The number of fused-ring (bicyclic) bond motifs is 2. The Morgan fingerprint density at radius 3 is 2.80 bits per heavy atom. The largest absolute Gasteiger partial charge is 0.336 e. The number of aromatic nitrogens is 4. The SMILES string of the molecule is CN(c1ncccn1)C1C(F)C(Cl)C(c2ccn3nc(NC(=O)[C@@H]4C[C@@H]4F)cc3c2)C2CNNC21. The van der Waals surface area contributed by atoms with Gasteiger partial charge in [-0.05, 0) is 36.1 Å². The number of hydrogen-bond donors (Lipinski definition) is 3. The van der Waals surface area contributed by atoms with E-state index < -0.39 is 29.7 Å². The summed E-state index contributed by atoms with van der Waals surface area (Å²) in [5, 5.41) is 6.25. The van der Waals surface area contributed by atoms with Crippen LogP contribution in [0.5, 0.6) is 0 Å². The molecular formula is C23H25ClF2N8O. The van der Waals surface area contributed by atoms with Crippen LogP contribution in [0.15, 0.2) is 42.9 Å². The number of rotatable bonds is 5. The van der Waals surface area contributed by atoms with E-state index in [0.717, 1.165) is 11.1 Å². The highest BCUT2D eigenvalue weighted by molar-refractivity contribution is 6.21. The molecule has 1 saturated heterocycles. The number of pyridine rings is 1. The number of likely N-dealkylation sites (N-methyl/N-ethyl adjacent to an activating group) is 1. The average molecular weight is 503 g/mol. The summed E-state index contributed by atoms with van der Waals surface area (Å²) in [4.78, 5) is 22.4. The van der Waals surface area contributed by atoms with Crippen LogP contribution in [0.1, 0.15) is 17.9 Å². The Morgan fingerprint density at radius 2 is 2.06 bits per heavy atom. The van der Waals surface area contributed by atoms with Crippen molar-refractivity contribution in [2.45, 2.75) is 42.1 Å². The number of carbonyl (C=O) groups is 1. The molecule has 2 saturated carbocycles. The van der Waals surface area contributed by atoms with Crippen LogP contribution in [-0.4, -0.2) is 68.9 Å². The average Bonchev–Trinajstić information content (AvgIpc) is 3.22. The van der Waals surface area contributed by atoms with Gasteiger partial charge in [0.15, 0.2) is 5.82 Å². The third kappa shape index (κ3) is 3.91. The van der Waals surface area contributed by atoms with Gasteiger partial charge in [-0.15, -0.1) is 11.6 Å². The molecule has 0 spiro atoms. The first-order valence-electron chi connectivity index (χ1n) is 11.6. The Kier molecular flexibility index (Phi) is 5.58. The molecule has 1 aliphatic heterocycles. The number of amides is 1. The highest BCUT2D eigenvalue weighted by atomic mass is 35.5. The van der Waals surface area contributed by atoms with Gasteiger partial charge >= 0.3 is 0 Å². The summed E-state index contributed by atoms with van der Waals surface area (Å²) in [5.74, 6) is -0.415. The topological polar surface area (TPSA) is 99.5 Å². The number of anilines is 2. The summed E-state index contributed by atoms with van der Waals surface area (Å²) in [6.45, 7) is 0.628. The number of alkyl halides is 3. The highest BCUT2D eigenvalue weighted by Crippen LogP contribution is 2.45. The van der Waals surface area contributed by atoms with Crippen LogP contribution in [0.3, 0.4) is 0 Å². The van der Waals surface area contributed by atoms with Crippen molar-refractivity contribution < 1.29 is 13.6 Å². The number of carbonyl (C=O) groups excluding carboxylic acids is 1. The van der Waals surface area contributed by atoms with E-state index in [1.807, 2.05) is 12.1 Å². The standard InChI is InChI=1S/C23H25ClF2N8O/c1-33(23-27-4-2-5-28-23)21-19(26)18(24)17(14-10-29-31-20(14)21)11-3-6-34-12(7-11)8-16(32-34)30-22(35)13-9-15(13)25/h2-8,13-15,17-21,29,31H,9-10H2,1H3,(H,30,32,35)/t13-,14?,15+,17?,18?,19?,20?,21?/m1/s1. The minimum absolute atomic E-state index is 0.0153. The van der Waals surface area contributed by atoms with Crippen molar-refractivity contribution >= 4 is 34.8 Å². The summed E-state index contributed by atoms with van der Waals surface area (Å²) in [7, 11) is 1.79. The van der Waals surface area contributed by atoms with Crippen LogP contribution in [0.25, 0.3) is 5.52 Å². The Morgan fingerprint density at radius 1 is 1.29 bits per heavy atom. The van der Waals surface area contributed by atoms with Crippen molar-refractivity contribution in [2.75, 3.05) is 23.8 Å². The molecule has 3 N–H and O–H groups in total. The zero-order chi connectivity index (χ0) is 24.3. The maximum absolute atomic E-state index is 15.9.